The van der Waals surface area contributed by atoms with Crippen LogP contribution < -0.4 is 15.8 Å². The number of amides is 2. The van der Waals surface area contributed by atoms with Crippen LogP contribution in [0.1, 0.15) is 46.6 Å². The van der Waals surface area contributed by atoms with Gasteiger partial charge >= 0.3 is 0 Å². The number of rotatable bonds is 7. The van der Waals surface area contributed by atoms with E-state index in [1.807, 2.05) is 38.1 Å². The zero-order valence-corrected chi connectivity index (χ0v) is 14.7. The summed E-state index contributed by atoms with van der Waals surface area (Å²) in [6, 6.07) is 6.98. The van der Waals surface area contributed by atoms with Crippen molar-refractivity contribution in [3.63, 3.8) is 0 Å². The number of carbonyl (C=O) groups excluding carboxylic acids is 2. The monoisotopic (exact) mass is 320 g/mol. The maximum atomic E-state index is 11.9. The van der Waals surface area contributed by atoms with Crippen molar-refractivity contribution in [3.05, 3.63) is 29.8 Å². The zero-order chi connectivity index (χ0) is 17.6. The highest BCUT2D eigenvalue weighted by molar-refractivity contribution is 5.87. The SMILES string of the molecule is CCC(C)C(NC(=O)COc1ccc(C(C)(C)C)cc1)C(N)=O. The van der Waals surface area contributed by atoms with Crippen molar-refractivity contribution in [2.24, 2.45) is 11.7 Å². The first-order valence-electron chi connectivity index (χ1n) is 7.97. The summed E-state index contributed by atoms with van der Waals surface area (Å²) < 4.78 is 5.47. The van der Waals surface area contributed by atoms with Crippen molar-refractivity contribution in [2.75, 3.05) is 6.61 Å². The molecule has 0 radical (unpaired) electrons. The summed E-state index contributed by atoms with van der Waals surface area (Å²) in [6.07, 6.45) is 0.753. The van der Waals surface area contributed by atoms with Crippen LogP contribution in [0.25, 0.3) is 0 Å². The highest BCUT2D eigenvalue weighted by atomic mass is 16.5. The third kappa shape index (κ3) is 5.93. The lowest BCUT2D eigenvalue weighted by Crippen LogP contribution is -2.49. The molecular formula is C18H28N2O3. The predicted octanol–water partition coefficient (Wildman–Crippen LogP) is 2.38. The lowest BCUT2D eigenvalue weighted by Gasteiger charge is -2.21. The Morgan fingerprint density at radius 1 is 1.22 bits per heavy atom. The second kappa shape index (κ2) is 7.99. The topological polar surface area (TPSA) is 81.4 Å². The summed E-state index contributed by atoms with van der Waals surface area (Å²) >= 11 is 0. The van der Waals surface area contributed by atoms with Gasteiger partial charge in [-0.2, -0.15) is 0 Å². The van der Waals surface area contributed by atoms with Crippen LogP contribution in [-0.4, -0.2) is 24.5 Å². The molecule has 5 nitrogen and oxygen atoms in total. The first-order valence-corrected chi connectivity index (χ1v) is 7.97. The van der Waals surface area contributed by atoms with Gasteiger partial charge in [0, 0.05) is 0 Å². The molecule has 0 aliphatic rings. The molecule has 5 heteroatoms. The predicted molar refractivity (Wildman–Crippen MR) is 91.2 cm³/mol. The van der Waals surface area contributed by atoms with Gasteiger partial charge in [-0.05, 0) is 29.0 Å². The summed E-state index contributed by atoms with van der Waals surface area (Å²) in [5.74, 6) is -0.272. The average molecular weight is 320 g/mol. The molecule has 0 aliphatic carbocycles. The highest BCUT2D eigenvalue weighted by Gasteiger charge is 2.23. The molecule has 0 heterocycles. The lowest BCUT2D eigenvalue weighted by atomic mass is 9.87. The Morgan fingerprint density at radius 3 is 2.22 bits per heavy atom. The number of ether oxygens (including phenoxy) is 1. The van der Waals surface area contributed by atoms with Gasteiger partial charge in [-0.1, -0.05) is 53.2 Å². The van der Waals surface area contributed by atoms with Crippen molar-refractivity contribution in [2.45, 2.75) is 52.5 Å². The van der Waals surface area contributed by atoms with E-state index in [0.29, 0.717) is 5.75 Å². The highest BCUT2D eigenvalue weighted by Crippen LogP contribution is 2.24. The van der Waals surface area contributed by atoms with E-state index in [9.17, 15) is 9.59 Å². The van der Waals surface area contributed by atoms with E-state index >= 15 is 0 Å². The largest absolute Gasteiger partial charge is 0.484 e. The molecule has 23 heavy (non-hydrogen) atoms. The van der Waals surface area contributed by atoms with Crippen molar-refractivity contribution in [1.82, 2.24) is 5.32 Å². The molecule has 128 valence electrons. The Balaban J connectivity index is 2.57. The van der Waals surface area contributed by atoms with Crippen LogP contribution in [0.15, 0.2) is 24.3 Å². The van der Waals surface area contributed by atoms with Gasteiger partial charge in [0.2, 0.25) is 5.91 Å². The van der Waals surface area contributed by atoms with Crippen molar-refractivity contribution >= 4 is 11.8 Å². The van der Waals surface area contributed by atoms with Gasteiger partial charge < -0.3 is 15.8 Å². The molecule has 0 saturated heterocycles. The van der Waals surface area contributed by atoms with Gasteiger partial charge in [-0.25, -0.2) is 0 Å². The molecule has 1 rings (SSSR count). The summed E-state index contributed by atoms with van der Waals surface area (Å²) in [7, 11) is 0. The Hall–Kier alpha value is -2.04. The smallest absolute Gasteiger partial charge is 0.258 e. The summed E-state index contributed by atoms with van der Waals surface area (Å²) in [5.41, 5.74) is 6.60. The number of hydrogen-bond donors (Lipinski definition) is 2. The third-order valence-corrected chi connectivity index (χ3v) is 3.93. The van der Waals surface area contributed by atoms with Gasteiger partial charge in [0.15, 0.2) is 6.61 Å². The Kier molecular flexibility index (Phi) is 6.61. The number of nitrogens with one attached hydrogen (secondary N) is 1. The number of hydrogen-bond acceptors (Lipinski definition) is 3. The van der Waals surface area contributed by atoms with E-state index < -0.39 is 11.9 Å². The van der Waals surface area contributed by atoms with Gasteiger partial charge in [0.25, 0.3) is 5.91 Å². The normalized spacial score (nSPS) is 14.0. The van der Waals surface area contributed by atoms with E-state index in [-0.39, 0.29) is 23.8 Å². The molecule has 2 amide bonds. The molecule has 1 aromatic rings. The van der Waals surface area contributed by atoms with Crippen molar-refractivity contribution < 1.29 is 14.3 Å². The first-order chi connectivity index (χ1) is 10.6. The van der Waals surface area contributed by atoms with Crippen LogP contribution in [0.4, 0.5) is 0 Å². The maximum absolute atomic E-state index is 11.9. The molecule has 0 aliphatic heterocycles. The molecule has 1 aromatic carbocycles. The Bertz CT molecular complexity index is 532. The minimum atomic E-state index is -0.667. The van der Waals surface area contributed by atoms with Crippen LogP contribution >= 0.6 is 0 Å². The fraction of sp³-hybridized carbons (Fsp3) is 0.556. The number of benzene rings is 1. The van der Waals surface area contributed by atoms with Crippen LogP contribution in [-0.2, 0) is 15.0 Å². The number of nitrogens with two attached hydrogens (primary N) is 1. The minimum absolute atomic E-state index is 0.0116. The summed E-state index contributed by atoms with van der Waals surface area (Å²) in [5, 5.41) is 2.63. The Morgan fingerprint density at radius 2 is 1.78 bits per heavy atom. The van der Waals surface area contributed by atoms with Crippen LogP contribution in [0.3, 0.4) is 0 Å². The molecule has 0 saturated carbocycles. The van der Waals surface area contributed by atoms with Crippen LogP contribution in [0, 0.1) is 5.92 Å². The summed E-state index contributed by atoms with van der Waals surface area (Å²) in [4.78, 5) is 23.3. The van der Waals surface area contributed by atoms with Crippen molar-refractivity contribution in [3.8, 4) is 5.75 Å². The number of primary amides is 1. The molecule has 0 spiro atoms. The maximum Gasteiger partial charge on any atom is 0.258 e. The fourth-order valence-corrected chi connectivity index (χ4v) is 2.14. The van der Waals surface area contributed by atoms with Gasteiger partial charge in [-0.3, -0.25) is 9.59 Å². The second-order valence-corrected chi connectivity index (χ2v) is 6.90. The number of carbonyl (C=O) groups is 2. The second-order valence-electron chi connectivity index (χ2n) is 6.90. The lowest BCUT2D eigenvalue weighted by molar-refractivity contribution is -0.129. The van der Waals surface area contributed by atoms with Crippen molar-refractivity contribution in [1.29, 1.82) is 0 Å². The van der Waals surface area contributed by atoms with Gasteiger partial charge in [0.1, 0.15) is 11.8 Å². The first kappa shape index (κ1) is 19.0. The van der Waals surface area contributed by atoms with E-state index in [0.717, 1.165) is 6.42 Å². The zero-order valence-electron chi connectivity index (χ0n) is 14.7. The molecule has 0 fully saturated rings. The van der Waals surface area contributed by atoms with E-state index in [1.54, 1.807) is 0 Å². The minimum Gasteiger partial charge on any atom is -0.484 e. The standard InChI is InChI=1S/C18H28N2O3/c1-6-12(2)16(17(19)22)20-15(21)11-23-14-9-7-13(8-10-14)18(3,4)5/h7-10,12,16H,6,11H2,1-5H3,(H2,19,22)(H,20,21). The third-order valence-electron chi connectivity index (χ3n) is 3.93. The average Bonchev–Trinajstić information content (AvgIpc) is 2.49. The molecule has 2 unspecified atom stereocenters. The van der Waals surface area contributed by atoms with E-state index in [4.69, 9.17) is 10.5 Å². The van der Waals surface area contributed by atoms with Crippen LogP contribution in [0.2, 0.25) is 0 Å². The van der Waals surface area contributed by atoms with E-state index in [1.165, 1.54) is 5.56 Å². The fourth-order valence-electron chi connectivity index (χ4n) is 2.14. The molecule has 0 bridgehead atoms. The van der Waals surface area contributed by atoms with Crippen LogP contribution in [0.5, 0.6) is 5.75 Å². The summed E-state index contributed by atoms with van der Waals surface area (Å²) in [6.45, 7) is 10.1. The quantitative estimate of drug-likeness (QED) is 0.809. The van der Waals surface area contributed by atoms with Gasteiger partial charge in [-0.15, -0.1) is 0 Å². The molecular weight excluding hydrogens is 292 g/mol. The molecule has 2 atom stereocenters. The molecule has 3 N–H and O–H groups in total. The van der Waals surface area contributed by atoms with E-state index in [2.05, 4.69) is 26.1 Å². The molecule has 0 aromatic heterocycles. The Labute approximate surface area is 138 Å². The van der Waals surface area contributed by atoms with Gasteiger partial charge in [0.05, 0.1) is 0 Å².